The minimum Gasteiger partial charge on any atom is -0.376 e. The zero-order valence-electron chi connectivity index (χ0n) is 14.2. The van der Waals surface area contributed by atoms with Gasteiger partial charge in [-0.2, -0.15) is 5.10 Å². The molecule has 0 aliphatic heterocycles. The van der Waals surface area contributed by atoms with Crippen molar-refractivity contribution in [3.8, 4) is 0 Å². The molecule has 2 aromatic rings. The normalized spacial score (nSPS) is 12.3. The topological polar surface area (TPSA) is 74.3 Å². The Balaban J connectivity index is 0.00000288. The van der Waals surface area contributed by atoms with Gasteiger partial charge in [-0.05, 0) is 17.5 Å². The van der Waals surface area contributed by atoms with Crippen LogP contribution in [0.15, 0.2) is 47.6 Å². The predicted octanol–water partition coefficient (Wildman–Crippen LogP) is 2.55. The van der Waals surface area contributed by atoms with Crippen LogP contribution in [0.4, 0.5) is 0 Å². The van der Waals surface area contributed by atoms with Crippen molar-refractivity contribution in [2.45, 2.75) is 20.1 Å². The number of aliphatic imine (C=N–C) groups is 1. The molecule has 7 heteroatoms. The van der Waals surface area contributed by atoms with Crippen LogP contribution in [-0.2, 0) is 17.9 Å². The van der Waals surface area contributed by atoms with Gasteiger partial charge in [0.25, 0.3) is 0 Å². The number of benzene rings is 1. The summed E-state index contributed by atoms with van der Waals surface area (Å²) in [4.78, 5) is 4.21. The Morgan fingerprint density at radius 3 is 2.71 bits per heavy atom. The van der Waals surface area contributed by atoms with E-state index in [-0.39, 0.29) is 24.0 Å². The number of hydrogen-bond acceptors (Lipinski definition) is 3. The third-order valence-corrected chi connectivity index (χ3v) is 3.36. The second-order valence-corrected chi connectivity index (χ2v) is 5.49. The fraction of sp³-hybridized carbons (Fsp3) is 0.412. The van der Waals surface area contributed by atoms with Crippen LogP contribution >= 0.6 is 24.0 Å². The van der Waals surface area contributed by atoms with Crippen molar-refractivity contribution in [1.82, 2.24) is 20.8 Å². The molecular weight excluding hydrogens is 417 g/mol. The molecule has 1 aromatic carbocycles. The zero-order chi connectivity index (χ0) is 16.3. The molecule has 1 atom stereocenters. The summed E-state index contributed by atoms with van der Waals surface area (Å²) in [5.41, 5.74) is 2.22. The van der Waals surface area contributed by atoms with Gasteiger partial charge in [0.15, 0.2) is 5.96 Å². The summed E-state index contributed by atoms with van der Waals surface area (Å²) in [6.45, 7) is 4.98. The second kappa shape index (κ2) is 11.9. The van der Waals surface area contributed by atoms with E-state index in [1.807, 2.05) is 24.3 Å². The van der Waals surface area contributed by atoms with Crippen LogP contribution in [0.5, 0.6) is 0 Å². The summed E-state index contributed by atoms with van der Waals surface area (Å²) in [5.74, 6) is 1.17. The highest BCUT2D eigenvalue weighted by atomic mass is 127. The molecule has 1 aromatic heterocycles. The van der Waals surface area contributed by atoms with Gasteiger partial charge in [-0.25, -0.2) is 0 Å². The summed E-state index contributed by atoms with van der Waals surface area (Å²) < 4.78 is 5.75. The average Bonchev–Trinajstić information content (AvgIpc) is 3.09. The number of H-pyrrole nitrogens is 1. The number of aromatic nitrogens is 2. The number of aromatic amines is 1. The van der Waals surface area contributed by atoms with Gasteiger partial charge in [-0.3, -0.25) is 10.1 Å². The highest BCUT2D eigenvalue weighted by Crippen LogP contribution is 2.02. The lowest BCUT2D eigenvalue weighted by molar-refractivity contribution is 0.0931. The minimum atomic E-state index is 0. The molecule has 132 valence electrons. The number of halogens is 1. The Hall–Kier alpha value is -1.61. The molecule has 1 heterocycles. The van der Waals surface area contributed by atoms with Gasteiger partial charge in [0.1, 0.15) is 0 Å². The zero-order valence-corrected chi connectivity index (χ0v) is 16.5. The van der Waals surface area contributed by atoms with Crippen molar-refractivity contribution in [2.75, 3.05) is 20.2 Å². The van der Waals surface area contributed by atoms with E-state index in [2.05, 4.69) is 44.9 Å². The summed E-state index contributed by atoms with van der Waals surface area (Å²) in [6.07, 6.45) is 1.74. The number of rotatable bonds is 8. The van der Waals surface area contributed by atoms with E-state index in [1.165, 1.54) is 5.56 Å². The number of nitrogens with zero attached hydrogens (tertiary/aromatic N) is 2. The number of nitrogens with one attached hydrogen (secondary N) is 3. The molecule has 0 aliphatic rings. The quantitative estimate of drug-likeness (QED) is 0.333. The molecule has 0 saturated carbocycles. The first-order valence-electron chi connectivity index (χ1n) is 7.82. The fourth-order valence-electron chi connectivity index (χ4n) is 2.06. The van der Waals surface area contributed by atoms with E-state index in [1.54, 1.807) is 13.2 Å². The van der Waals surface area contributed by atoms with Crippen LogP contribution in [0, 0.1) is 5.92 Å². The van der Waals surface area contributed by atoms with Gasteiger partial charge in [0.05, 0.1) is 25.5 Å². The van der Waals surface area contributed by atoms with Gasteiger partial charge in [-0.1, -0.05) is 37.3 Å². The minimum absolute atomic E-state index is 0. The van der Waals surface area contributed by atoms with Crippen LogP contribution in [0.2, 0.25) is 0 Å². The van der Waals surface area contributed by atoms with Crippen molar-refractivity contribution in [3.63, 3.8) is 0 Å². The molecule has 0 saturated heterocycles. The largest absolute Gasteiger partial charge is 0.376 e. The molecule has 0 amide bonds. The van der Waals surface area contributed by atoms with Crippen molar-refractivity contribution in [3.05, 3.63) is 53.9 Å². The first kappa shape index (κ1) is 20.4. The molecule has 1 unspecified atom stereocenters. The Kier molecular flexibility index (Phi) is 10.1. The van der Waals surface area contributed by atoms with Gasteiger partial charge < -0.3 is 15.4 Å². The van der Waals surface area contributed by atoms with Crippen LogP contribution in [-0.4, -0.2) is 36.4 Å². The summed E-state index contributed by atoms with van der Waals surface area (Å²) in [5, 5.41) is 13.4. The lowest BCUT2D eigenvalue weighted by Gasteiger charge is -2.16. The lowest BCUT2D eigenvalue weighted by Crippen LogP contribution is -2.39. The first-order valence-corrected chi connectivity index (χ1v) is 7.82. The van der Waals surface area contributed by atoms with Crippen LogP contribution in [0.1, 0.15) is 18.2 Å². The molecule has 0 spiro atoms. The third-order valence-electron chi connectivity index (χ3n) is 3.36. The Labute approximate surface area is 160 Å². The number of ether oxygens (including phenoxy) is 1. The molecule has 0 fully saturated rings. The number of guanidine groups is 1. The molecule has 6 nitrogen and oxygen atoms in total. The van der Waals surface area contributed by atoms with E-state index in [0.29, 0.717) is 25.7 Å². The van der Waals surface area contributed by atoms with E-state index in [9.17, 15) is 0 Å². The first-order chi connectivity index (χ1) is 11.3. The van der Waals surface area contributed by atoms with E-state index in [0.717, 1.165) is 18.2 Å². The van der Waals surface area contributed by atoms with Crippen molar-refractivity contribution in [2.24, 2.45) is 10.9 Å². The SMILES string of the molecule is CN=C(NCc1ccn[nH]1)NCC(C)COCc1ccccc1.I. The van der Waals surface area contributed by atoms with E-state index in [4.69, 9.17) is 4.74 Å². The molecular formula is C17H26IN5O. The molecule has 0 radical (unpaired) electrons. The molecule has 3 N–H and O–H groups in total. The second-order valence-electron chi connectivity index (χ2n) is 5.49. The monoisotopic (exact) mass is 443 g/mol. The summed E-state index contributed by atoms with van der Waals surface area (Å²) in [7, 11) is 1.76. The highest BCUT2D eigenvalue weighted by molar-refractivity contribution is 14.0. The van der Waals surface area contributed by atoms with E-state index < -0.39 is 0 Å². The molecule has 0 bridgehead atoms. The van der Waals surface area contributed by atoms with Gasteiger partial charge in [0, 0.05) is 19.8 Å². The standard InChI is InChI=1S/C17H25N5O.HI/c1-14(12-23-13-15-6-4-3-5-7-15)10-19-17(18-2)20-11-16-8-9-21-22-16;/h3-9,14H,10-13H2,1-2H3,(H,21,22)(H2,18,19,20);1H. The Morgan fingerprint density at radius 2 is 2.04 bits per heavy atom. The summed E-state index contributed by atoms with van der Waals surface area (Å²) >= 11 is 0. The fourth-order valence-corrected chi connectivity index (χ4v) is 2.06. The van der Waals surface area contributed by atoms with Gasteiger partial charge in [-0.15, -0.1) is 24.0 Å². The maximum atomic E-state index is 5.75. The third kappa shape index (κ3) is 7.78. The van der Waals surface area contributed by atoms with Gasteiger partial charge in [0.2, 0.25) is 0 Å². The van der Waals surface area contributed by atoms with Gasteiger partial charge >= 0.3 is 0 Å². The number of hydrogen-bond donors (Lipinski definition) is 3. The lowest BCUT2D eigenvalue weighted by atomic mass is 10.2. The maximum Gasteiger partial charge on any atom is 0.191 e. The van der Waals surface area contributed by atoms with Crippen LogP contribution in [0.3, 0.4) is 0 Å². The van der Waals surface area contributed by atoms with Crippen molar-refractivity contribution in [1.29, 1.82) is 0 Å². The Bertz CT molecular complexity index is 574. The highest BCUT2D eigenvalue weighted by Gasteiger charge is 2.05. The Morgan fingerprint density at radius 1 is 1.25 bits per heavy atom. The van der Waals surface area contributed by atoms with Crippen LogP contribution in [0.25, 0.3) is 0 Å². The van der Waals surface area contributed by atoms with Crippen molar-refractivity contribution < 1.29 is 4.74 Å². The van der Waals surface area contributed by atoms with Crippen LogP contribution < -0.4 is 10.6 Å². The summed E-state index contributed by atoms with van der Waals surface area (Å²) in [6, 6.07) is 12.1. The molecule has 0 aliphatic carbocycles. The van der Waals surface area contributed by atoms with Crippen molar-refractivity contribution >= 4 is 29.9 Å². The maximum absolute atomic E-state index is 5.75. The average molecular weight is 443 g/mol. The van der Waals surface area contributed by atoms with E-state index >= 15 is 0 Å². The smallest absolute Gasteiger partial charge is 0.191 e. The molecule has 24 heavy (non-hydrogen) atoms. The molecule has 2 rings (SSSR count). The predicted molar refractivity (Wildman–Crippen MR) is 107 cm³/mol.